The van der Waals surface area contributed by atoms with Crippen LogP contribution in [0.25, 0.3) is 0 Å². The summed E-state index contributed by atoms with van der Waals surface area (Å²) in [6.45, 7) is 4.99. The first-order valence-electron chi connectivity index (χ1n) is 7.34. The van der Waals surface area contributed by atoms with Crippen molar-refractivity contribution in [2.45, 2.75) is 19.3 Å². The van der Waals surface area contributed by atoms with Gasteiger partial charge in [0.2, 0.25) is 0 Å². The lowest BCUT2D eigenvalue weighted by molar-refractivity contribution is 0.0218. The number of terminal acetylenes is 1. The summed E-state index contributed by atoms with van der Waals surface area (Å²) in [7, 11) is 1.87. The van der Waals surface area contributed by atoms with Gasteiger partial charge in [0, 0.05) is 45.6 Å². The van der Waals surface area contributed by atoms with Crippen molar-refractivity contribution in [3.05, 3.63) is 0 Å². The number of nitrogens with zero attached hydrogens (tertiary/aromatic N) is 2. The average molecular weight is 295 g/mol. The lowest BCUT2D eigenvalue weighted by Gasteiger charge is -2.33. The topological polar surface area (TPSA) is 36.9 Å². The molecule has 2 aliphatic heterocycles. The number of aliphatic imine (C=N–C) groups is 1. The first-order chi connectivity index (χ1) is 9.79. The second kappa shape index (κ2) is 7.80. The third-order valence-electron chi connectivity index (χ3n) is 4.22. The van der Waals surface area contributed by atoms with Gasteiger partial charge in [0.1, 0.15) is 0 Å². The predicted molar refractivity (Wildman–Crippen MR) is 86.2 cm³/mol. The number of thioether (sulfide) groups is 1. The Morgan fingerprint density at radius 1 is 1.45 bits per heavy atom. The number of hydrogen-bond acceptors (Lipinski definition) is 3. The van der Waals surface area contributed by atoms with Crippen LogP contribution in [0.2, 0.25) is 0 Å². The van der Waals surface area contributed by atoms with Crippen LogP contribution >= 0.6 is 11.8 Å². The van der Waals surface area contributed by atoms with Gasteiger partial charge in [-0.05, 0) is 24.7 Å². The van der Waals surface area contributed by atoms with Crippen LogP contribution in [0.15, 0.2) is 4.99 Å². The molecule has 1 N–H and O–H groups in total. The summed E-state index contributed by atoms with van der Waals surface area (Å²) in [6, 6.07) is 0. The monoisotopic (exact) mass is 295 g/mol. The first-order valence-corrected chi connectivity index (χ1v) is 8.50. The summed E-state index contributed by atoms with van der Waals surface area (Å²) < 4.78 is 5.50. The molecule has 2 aliphatic rings. The van der Waals surface area contributed by atoms with Crippen molar-refractivity contribution >= 4 is 17.7 Å². The highest BCUT2D eigenvalue weighted by atomic mass is 32.2. The van der Waals surface area contributed by atoms with Gasteiger partial charge in [-0.3, -0.25) is 4.99 Å². The minimum atomic E-state index is 0.466. The molecular formula is C15H25N3OS. The molecule has 0 saturated carbocycles. The van der Waals surface area contributed by atoms with E-state index < -0.39 is 0 Å². The zero-order valence-corrected chi connectivity index (χ0v) is 13.2. The Kier molecular flexibility index (Phi) is 6.06. The fourth-order valence-corrected chi connectivity index (χ4v) is 3.54. The normalized spacial score (nSPS) is 22.0. The summed E-state index contributed by atoms with van der Waals surface area (Å²) in [6.07, 6.45) is 8.89. The number of nitrogens with one attached hydrogen (secondary N) is 1. The number of hydrogen-bond donors (Lipinski definition) is 1. The van der Waals surface area contributed by atoms with Crippen molar-refractivity contribution in [2.24, 2.45) is 10.4 Å². The van der Waals surface area contributed by atoms with E-state index >= 15 is 0 Å². The molecule has 0 aromatic carbocycles. The SMILES string of the molecule is C#CCSCCNC(=NC)N1CCC2(CCOCC2)C1. The Hall–Kier alpha value is -0.860. The maximum Gasteiger partial charge on any atom is 0.193 e. The molecule has 0 aromatic heterocycles. The van der Waals surface area contributed by atoms with E-state index in [1.165, 1.54) is 19.3 Å². The zero-order valence-electron chi connectivity index (χ0n) is 12.4. The van der Waals surface area contributed by atoms with Gasteiger partial charge in [0.25, 0.3) is 0 Å². The third kappa shape index (κ3) is 4.07. The zero-order chi connectivity index (χ0) is 14.3. The van der Waals surface area contributed by atoms with E-state index in [0.29, 0.717) is 5.41 Å². The van der Waals surface area contributed by atoms with Crippen LogP contribution in [-0.4, -0.2) is 62.3 Å². The van der Waals surface area contributed by atoms with E-state index in [1.807, 2.05) is 7.05 Å². The Morgan fingerprint density at radius 3 is 2.95 bits per heavy atom. The van der Waals surface area contributed by atoms with E-state index in [-0.39, 0.29) is 0 Å². The van der Waals surface area contributed by atoms with Crippen molar-refractivity contribution in [3.8, 4) is 12.3 Å². The Labute approximate surface area is 126 Å². The summed E-state index contributed by atoms with van der Waals surface area (Å²) >= 11 is 1.78. The molecule has 0 amide bonds. The van der Waals surface area contributed by atoms with Gasteiger partial charge in [0.05, 0.1) is 5.75 Å². The van der Waals surface area contributed by atoms with E-state index in [1.54, 1.807) is 11.8 Å². The van der Waals surface area contributed by atoms with Gasteiger partial charge in [-0.25, -0.2) is 0 Å². The summed E-state index contributed by atoms with van der Waals surface area (Å²) in [4.78, 5) is 6.82. The maximum atomic E-state index is 5.50. The van der Waals surface area contributed by atoms with Crippen molar-refractivity contribution in [1.82, 2.24) is 10.2 Å². The molecule has 2 rings (SSSR count). The first kappa shape index (κ1) is 15.5. The number of likely N-dealkylation sites (tertiary alicyclic amines) is 1. The highest BCUT2D eigenvalue weighted by molar-refractivity contribution is 7.99. The van der Waals surface area contributed by atoms with Gasteiger partial charge in [-0.1, -0.05) is 5.92 Å². The molecule has 0 unspecified atom stereocenters. The van der Waals surface area contributed by atoms with Crippen LogP contribution in [-0.2, 0) is 4.74 Å². The molecule has 1 spiro atoms. The van der Waals surface area contributed by atoms with Crippen LogP contribution in [0.5, 0.6) is 0 Å². The summed E-state index contributed by atoms with van der Waals surface area (Å²) in [5.74, 6) is 5.49. The highest BCUT2D eigenvalue weighted by Gasteiger charge is 2.40. The molecule has 2 heterocycles. The van der Waals surface area contributed by atoms with Crippen molar-refractivity contribution in [1.29, 1.82) is 0 Å². The van der Waals surface area contributed by atoms with E-state index in [4.69, 9.17) is 11.2 Å². The Morgan fingerprint density at radius 2 is 2.25 bits per heavy atom. The second-order valence-corrected chi connectivity index (χ2v) is 6.62. The average Bonchev–Trinajstić information content (AvgIpc) is 2.87. The molecule has 20 heavy (non-hydrogen) atoms. The smallest absolute Gasteiger partial charge is 0.193 e. The number of guanidine groups is 1. The Bertz CT molecular complexity index is 372. The molecule has 2 fully saturated rings. The van der Waals surface area contributed by atoms with E-state index in [9.17, 15) is 0 Å². The molecule has 2 saturated heterocycles. The maximum absolute atomic E-state index is 5.50. The largest absolute Gasteiger partial charge is 0.381 e. The van der Waals surface area contributed by atoms with Gasteiger partial charge < -0.3 is 15.0 Å². The lowest BCUT2D eigenvalue weighted by Crippen LogP contribution is -2.42. The molecule has 0 radical (unpaired) electrons. The molecule has 0 atom stereocenters. The quantitative estimate of drug-likeness (QED) is 0.368. The molecule has 0 aliphatic carbocycles. The minimum absolute atomic E-state index is 0.466. The molecule has 112 valence electrons. The van der Waals surface area contributed by atoms with Crippen LogP contribution in [0.4, 0.5) is 0 Å². The fourth-order valence-electron chi connectivity index (χ4n) is 3.03. The van der Waals surface area contributed by atoms with Crippen molar-refractivity contribution in [2.75, 3.05) is 51.4 Å². The number of ether oxygens (including phenoxy) is 1. The fraction of sp³-hybridized carbons (Fsp3) is 0.800. The summed E-state index contributed by atoms with van der Waals surface area (Å²) in [5.41, 5.74) is 0.466. The predicted octanol–water partition coefficient (Wildman–Crippen LogP) is 1.43. The van der Waals surface area contributed by atoms with Crippen LogP contribution in [0.3, 0.4) is 0 Å². The standard InChI is InChI=1S/C15H25N3OS/c1-3-11-20-12-7-17-14(16-2)18-8-4-15(13-18)5-9-19-10-6-15/h1H,4-13H2,2H3,(H,16,17). The molecular weight excluding hydrogens is 270 g/mol. The van der Waals surface area contributed by atoms with E-state index in [2.05, 4.69) is 21.1 Å². The molecule has 4 nitrogen and oxygen atoms in total. The Balaban J connectivity index is 1.76. The van der Waals surface area contributed by atoms with Crippen LogP contribution < -0.4 is 5.32 Å². The van der Waals surface area contributed by atoms with Gasteiger partial charge >= 0.3 is 0 Å². The van der Waals surface area contributed by atoms with Gasteiger partial charge in [-0.2, -0.15) is 0 Å². The van der Waals surface area contributed by atoms with Crippen LogP contribution in [0, 0.1) is 17.8 Å². The lowest BCUT2D eigenvalue weighted by atomic mass is 9.80. The number of rotatable bonds is 4. The molecule has 0 aromatic rings. The summed E-state index contributed by atoms with van der Waals surface area (Å²) in [5, 5.41) is 3.45. The minimum Gasteiger partial charge on any atom is -0.381 e. The van der Waals surface area contributed by atoms with Gasteiger partial charge in [0.15, 0.2) is 5.96 Å². The highest BCUT2D eigenvalue weighted by Crippen LogP contribution is 2.39. The van der Waals surface area contributed by atoms with Crippen molar-refractivity contribution in [3.63, 3.8) is 0 Å². The van der Waals surface area contributed by atoms with Crippen LogP contribution in [0.1, 0.15) is 19.3 Å². The second-order valence-electron chi connectivity index (χ2n) is 5.51. The molecule has 0 bridgehead atoms. The molecule has 5 heteroatoms. The third-order valence-corrected chi connectivity index (χ3v) is 5.08. The van der Waals surface area contributed by atoms with Crippen molar-refractivity contribution < 1.29 is 4.74 Å². The van der Waals surface area contributed by atoms with E-state index in [0.717, 1.165) is 50.3 Å². The van der Waals surface area contributed by atoms with Gasteiger partial charge in [-0.15, -0.1) is 18.2 Å².